The topological polar surface area (TPSA) is 55.1 Å². The van der Waals surface area contributed by atoms with E-state index in [1.807, 2.05) is 56.3 Å². The molecule has 0 unspecified atom stereocenters. The molecule has 3 aromatic rings. The van der Waals surface area contributed by atoms with Gasteiger partial charge in [-0.3, -0.25) is 4.79 Å². The number of rotatable bonds is 4. The van der Waals surface area contributed by atoms with E-state index in [1.165, 1.54) is 5.56 Å². The number of benzene rings is 2. The molecule has 1 aromatic heterocycles. The molecule has 3 rings (SSSR count). The number of oxazole rings is 1. The Balaban J connectivity index is 1.72. The van der Waals surface area contributed by atoms with Crippen LogP contribution in [0.1, 0.15) is 27.4 Å². The first-order valence-corrected chi connectivity index (χ1v) is 7.50. The molecule has 0 aliphatic rings. The van der Waals surface area contributed by atoms with Gasteiger partial charge >= 0.3 is 0 Å². The van der Waals surface area contributed by atoms with Crippen molar-refractivity contribution >= 4 is 5.91 Å². The molecular formula is C19H18N2O2. The van der Waals surface area contributed by atoms with Gasteiger partial charge in [-0.05, 0) is 38.1 Å². The second kappa shape index (κ2) is 6.48. The van der Waals surface area contributed by atoms with Crippen LogP contribution in [0.5, 0.6) is 0 Å². The van der Waals surface area contributed by atoms with Crippen LogP contribution < -0.4 is 5.32 Å². The summed E-state index contributed by atoms with van der Waals surface area (Å²) >= 11 is 0. The van der Waals surface area contributed by atoms with E-state index in [4.69, 9.17) is 4.42 Å². The zero-order valence-electron chi connectivity index (χ0n) is 13.2. The molecular weight excluding hydrogens is 288 g/mol. The molecule has 0 saturated heterocycles. The predicted molar refractivity (Wildman–Crippen MR) is 89.0 cm³/mol. The molecule has 116 valence electrons. The molecule has 0 aliphatic carbocycles. The van der Waals surface area contributed by atoms with Crippen LogP contribution in [0.15, 0.2) is 59.0 Å². The van der Waals surface area contributed by atoms with E-state index in [0.29, 0.717) is 23.8 Å². The van der Waals surface area contributed by atoms with Gasteiger partial charge in [0.25, 0.3) is 5.91 Å². The minimum atomic E-state index is -0.120. The SMILES string of the molecule is Cc1ccc(-c2nc(CNC(=O)c3ccccc3)c(C)o2)cc1. The maximum absolute atomic E-state index is 12.1. The maximum atomic E-state index is 12.1. The van der Waals surface area contributed by atoms with Crippen molar-refractivity contribution in [2.24, 2.45) is 0 Å². The van der Waals surface area contributed by atoms with Crippen LogP contribution in [0.25, 0.3) is 11.5 Å². The highest BCUT2D eigenvalue weighted by Crippen LogP contribution is 2.22. The predicted octanol–water partition coefficient (Wildman–Crippen LogP) is 3.89. The van der Waals surface area contributed by atoms with Gasteiger partial charge in [0, 0.05) is 11.1 Å². The molecule has 0 atom stereocenters. The highest BCUT2D eigenvalue weighted by Gasteiger charge is 2.12. The van der Waals surface area contributed by atoms with Gasteiger partial charge in [-0.1, -0.05) is 35.9 Å². The Morgan fingerprint density at radius 2 is 1.74 bits per heavy atom. The highest BCUT2D eigenvalue weighted by molar-refractivity contribution is 5.94. The third-order valence-electron chi connectivity index (χ3n) is 3.64. The van der Waals surface area contributed by atoms with Crippen LogP contribution in [0, 0.1) is 13.8 Å². The van der Waals surface area contributed by atoms with Crippen molar-refractivity contribution in [2.45, 2.75) is 20.4 Å². The lowest BCUT2D eigenvalue weighted by atomic mass is 10.1. The largest absolute Gasteiger partial charge is 0.441 e. The quantitative estimate of drug-likeness (QED) is 0.795. The van der Waals surface area contributed by atoms with Gasteiger partial charge in [0.2, 0.25) is 5.89 Å². The number of aryl methyl sites for hydroxylation is 2. The Kier molecular flexibility index (Phi) is 4.24. The molecule has 4 nitrogen and oxygen atoms in total. The van der Waals surface area contributed by atoms with Crippen LogP contribution in [-0.2, 0) is 6.54 Å². The van der Waals surface area contributed by atoms with Gasteiger partial charge in [0.1, 0.15) is 11.5 Å². The average molecular weight is 306 g/mol. The minimum absolute atomic E-state index is 0.120. The number of aromatic nitrogens is 1. The average Bonchev–Trinajstić information content (AvgIpc) is 2.95. The van der Waals surface area contributed by atoms with E-state index < -0.39 is 0 Å². The Morgan fingerprint density at radius 1 is 1.04 bits per heavy atom. The van der Waals surface area contributed by atoms with Crippen molar-refractivity contribution in [3.63, 3.8) is 0 Å². The van der Waals surface area contributed by atoms with Gasteiger partial charge < -0.3 is 9.73 Å². The fourth-order valence-electron chi connectivity index (χ4n) is 2.27. The Bertz CT molecular complexity index is 805. The van der Waals surface area contributed by atoms with Crippen LogP contribution in [-0.4, -0.2) is 10.9 Å². The standard InChI is InChI=1S/C19H18N2O2/c1-13-8-10-16(11-9-13)19-21-17(14(2)23-19)12-20-18(22)15-6-4-3-5-7-15/h3-11H,12H2,1-2H3,(H,20,22). The number of hydrogen-bond donors (Lipinski definition) is 1. The molecule has 4 heteroatoms. The van der Waals surface area contributed by atoms with Crippen molar-refractivity contribution in [3.05, 3.63) is 77.2 Å². The molecule has 0 radical (unpaired) electrons. The Labute approximate surface area is 135 Å². The number of carbonyl (C=O) groups excluding carboxylic acids is 1. The highest BCUT2D eigenvalue weighted by atomic mass is 16.4. The van der Waals surface area contributed by atoms with Crippen LogP contribution >= 0.6 is 0 Å². The molecule has 0 bridgehead atoms. The number of amides is 1. The molecule has 0 spiro atoms. The molecule has 0 saturated carbocycles. The number of carbonyl (C=O) groups is 1. The third kappa shape index (κ3) is 3.48. The van der Waals surface area contributed by atoms with E-state index in [1.54, 1.807) is 12.1 Å². The van der Waals surface area contributed by atoms with Crippen molar-refractivity contribution in [1.82, 2.24) is 10.3 Å². The summed E-state index contributed by atoms with van der Waals surface area (Å²) in [7, 11) is 0. The maximum Gasteiger partial charge on any atom is 0.251 e. The van der Waals surface area contributed by atoms with Gasteiger partial charge in [-0.25, -0.2) is 4.98 Å². The Morgan fingerprint density at radius 3 is 2.43 bits per heavy atom. The summed E-state index contributed by atoms with van der Waals surface area (Å²) in [6.45, 7) is 4.23. The lowest BCUT2D eigenvalue weighted by molar-refractivity contribution is 0.0950. The van der Waals surface area contributed by atoms with Gasteiger partial charge in [-0.2, -0.15) is 0 Å². The van der Waals surface area contributed by atoms with Crippen LogP contribution in [0.2, 0.25) is 0 Å². The zero-order chi connectivity index (χ0) is 16.2. The third-order valence-corrected chi connectivity index (χ3v) is 3.64. The Hall–Kier alpha value is -2.88. The summed E-state index contributed by atoms with van der Waals surface area (Å²) in [5.41, 5.74) is 3.49. The molecule has 1 heterocycles. The van der Waals surface area contributed by atoms with E-state index in [-0.39, 0.29) is 5.91 Å². The van der Waals surface area contributed by atoms with Gasteiger partial charge in [-0.15, -0.1) is 0 Å². The zero-order valence-corrected chi connectivity index (χ0v) is 13.2. The first-order chi connectivity index (χ1) is 11.1. The summed E-state index contributed by atoms with van der Waals surface area (Å²) in [5, 5.41) is 2.87. The molecule has 1 amide bonds. The normalized spacial score (nSPS) is 10.5. The summed E-state index contributed by atoms with van der Waals surface area (Å²) in [5.74, 6) is 1.17. The fraction of sp³-hybridized carbons (Fsp3) is 0.158. The fourth-order valence-corrected chi connectivity index (χ4v) is 2.27. The molecule has 2 aromatic carbocycles. The first kappa shape index (κ1) is 15.0. The summed E-state index contributed by atoms with van der Waals surface area (Å²) in [4.78, 5) is 16.6. The molecule has 0 fully saturated rings. The number of nitrogens with zero attached hydrogens (tertiary/aromatic N) is 1. The van der Waals surface area contributed by atoms with E-state index >= 15 is 0 Å². The molecule has 23 heavy (non-hydrogen) atoms. The van der Waals surface area contributed by atoms with Crippen molar-refractivity contribution in [1.29, 1.82) is 0 Å². The lowest BCUT2D eigenvalue weighted by Crippen LogP contribution is -2.23. The number of nitrogens with one attached hydrogen (secondary N) is 1. The van der Waals surface area contributed by atoms with Crippen LogP contribution in [0.4, 0.5) is 0 Å². The smallest absolute Gasteiger partial charge is 0.251 e. The molecule has 1 N–H and O–H groups in total. The summed E-state index contributed by atoms with van der Waals surface area (Å²) < 4.78 is 5.72. The van der Waals surface area contributed by atoms with Gasteiger partial charge in [0.05, 0.1) is 6.54 Å². The van der Waals surface area contributed by atoms with Crippen molar-refractivity contribution in [3.8, 4) is 11.5 Å². The van der Waals surface area contributed by atoms with E-state index in [0.717, 1.165) is 11.3 Å². The first-order valence-electron chi connectivity index (χ1n) is 7.50. The van der Waals surface area contributed by atoms with Crippen molar-refractivity contribution in [2.75, 3.05) is 0 Å². The lowest BCUT2D eigenvalue weighted by Gasteiger charge is -2.03. The second-order valence-electron chi connectivity index (χ2n) is 5.44. The molecule has 0 aliphatic heterocycles. The minimum Gasteiger partial charge on any atom is -0.441 e. The number of hydrogen-bond acceptors (Lipinski definition) is 3. The second-order valence-corrected chi connectivity index (χ2v) is 5.44. The van der Waals surface area contributed by atoms with Crippen LogP contribution in [0.3, 0.4) is 0 Å². The monoisotopic (exact) mass is 306 g/mol. The van der Waals surface area contributed by atoms with E-state index in [9.17, 15) is 4.79 Å². The van der Waals surface area contributed by atoms with E-state index in [2.05, 4.69) is 10.3 Å². The van der Waals surface area contributed by atoms with Gasteiger partial charge in [0.15, 0.2) is 0 Å². The van der Waals surface area contributed by atoms with Crippen molar-refractivity contribution < 1.29 is 9.21 Å². The summed E-state index contributed by atoms with van der Waals surface area (Å²) in [6, 6.07) is 17.1. The summed E-state index contributed by atoms with van der Waals surface area (Å²) in [6.07, 6.45) is 0.